The van der Waals surface area contributed by atoms with Crippen molar-refractivity contribution in [3.05, 3.63) is 65.1 Å². The van der Waals surface area contributed by atoms with E-state index >= 15 is 0 Å². The maximum absolute atomic E-state index is 14.8. The van der Waals surface area contributed by atoms with Crippen LogP contribution in [0.15, 0.2) is 40.8 Å². The van der Waals surface area contributed by atoms with Crippen LogP contribution in [0.25, 0.3) is 11.5 Å². The molecule has 6 N–H and O–H groups in total. The Bertz CT molecular complexity index is 1520. The van der Waals surface area contributed by atoms with Crippen LogP contribution in [0, 0.1) is 23.5 Å². The fourth-order valence-electron chi connectivity index (χ4n) is 4.61. The lowest BCUT2D eigenvalue weighted by molar-refractivity contribution is -0.122. The molecule has 1 unspecified atom stereocenters. The second-order valence-electron chi connectivity index (χ2n) is 11.1. The Morgan fingerprint density at radius 3 is 2.37 bits per heavy atom. The van der Waals surface area contributed by atoms with Gasteiger partial charge in [0.25, 0.3) is 5.91 Å². The molecule has 3 atom stereocenters. The zero-order chi connectivity index (χ0) is 31.5. The van der Waals surface area contributed by atoms with Crippen LogP contribution < -0.4 is 31.6 Å². The minimum atomic E-state index is -3.07. The molecule has 0 radical (unpaired) electrons. The SMILES string of the molecule is C[C@H](N)c1oc(-c2ccc(OC(F)F)c(OCC3CC3)c2)nc1C(=O)NC(CNC(=O)[C@@H](N)C1CC1)c1ccc(F)cc1F.Cl.Cl. The first kappa shape index (κ1) is 36.9. The number of hydrogen-bond acceptors (Lipinski definition) is 8. The standard InChI is InChI=1S/C30H33F4N5O5.2ClH/c1-14(35)26-25(39-29(44-26)17-6-9-22(43-30(33)34)23(10-17)42-13-15-2-3-15)28(41)38-21(19-8-7-18(31)11-20(19)32)12-37-27(40)24(36)16-4-5-16;;/h6-11,14-16,21,24,30H,2-5,12-13,35-36H2,1H3,(H,37,40)(H,38,41);2*1H/t14-,21?,24-;;/m0../s1. The number of nitrogens with one attached hydrogen (secondary N) is 2. The van der Waals surface area contributed by atoms with Gasteiger partial charge in [0, 0.05) is 23.7 Å². The molecule has 46 heavy (non-hydrogen) atoms. The van der Waals surface area contributed by atoms with E-state index in [0.717, 1.165) is 37.8 Å². The number of aromatic nitrogens is 1. The number of nitrogens with two attached hydrogens (primary N) is 2. The van der Waals surface area contributed by atoms with Gasteiger partial charge in [0.1, 0.15) is 11.6 Å². The van der Waals surface area contributed by atoms with Crippen molar-refractivity contribution in [2.24, 2.45) is 23.3 Å². The Kier molecular flexibility index (Phi) is 12.7. The Hall–Kier alpha value is -3.59. The molecular weight excluding hydrogens is 657 g/mol. The number of ether oxygens (including phenoxy) is 2. The van der Waals surface area contributed by atoms with Crippen molar-refractivity contribution in [3.8, 4) is 23.0 Å². The summed E-state index contributed by atoms with van der Waals surface area (Å²) in [6.45, 7) is -1.45. The van der Waals surface area contributed by atoms with E-state index in [4.69, 9.17) is 20.6 Å². The number of benzene rings is 2. The summed E-state index contributed by atoms with van der Waals surface area (Å²) in [4.78, 5) is 30.4. The molecule has 0 spiro atoms. The van der Waals surface area contributed by atoms with Crippen LogP contribution in [0.4, 0.5) is 17.6 Å². The van der Waals surface area contributed by atoms with E-state index < -0.39 is 48.2 Å². The van der Waals surface area contributed by atoms with Crippen LogP contribution in [0.3, 0.4) is 0 Å². The summed E-state index contributed by atoms with van der Waals surface area (Å²) in [6, 6.07) is 4.25. The van der Waals surface area contributed by atoms with Gasteiger partial charge in [-0.25, -0.2) is 13.8 Å². The fourth-order valence-corrected chi connectivity index (χ4v) is 4.61. The smallest absolute Gasteiger partial charge is 0.387 e. The number of oxazole rings is 1. The van der Waals surface area contributed by atoms with Gasteiger partial charge < -0.3 is 36.0 Å². The molecule has 252 valence electrons. The third-order valence-corrected chi connectivity index (χ3v) is 7.42. The summed E-state index contributed by atoms with van der Waals surface area (Å²) in [5, 5.41) is 5.26. The van der Waals surface area contributed by atoms with Crippen molar-refractivity contribution in [2.45, 2.75) is 57.3 Å². The molecule has 1 heterocycles. The first-order valence-electron chi connectivity index (χ1n) is 14.3. The van der Waals surface area contributed by atoms with Crippen LogP contribution in [0.2, 0.25) is 0 Å². The van der Waals surface area contributed by atoms with Gasteiger partial charge in [-0.3, -0.25) is 9.59 Å². The van der Waals surface area contributed by atoms with Gasteiger partial charge in [-0.15, -0.1) is 24.8 Å². The highest BCUT2D eigenvalue weighted by atomic mass is 35.5. The third-order valence-electron chi connectivity index (χ3n) is 7.42. The fraction of sp³-hybridized carbons (Fsp3) is 0.433. The average Bonchev–Trinajstić information content (AvgIpc) is 3.91. The first-order valence-corrected chi connectivity index (χ1v) is 14.3. The summed E-state index contributed by atoms with van der Waals surface area (Å²) in [5.41, 5.74) is 12.0. The van der Waals surface area contributed by atoms with Crippen molar-refractivity contribution in [3.63, 3.8) is 0 Å². The van der Waals surface area contributed by atoms with Gasteiger partial charge in [-0.05, 0) is 68.7 Å². The van der Waals surface area contributed by atoms with Crippen LogP contribution in [0.5, 0.6) is 11.5 Å². The number of carbonyl (C=O) groups excluding carboxylic acids is 2. The van der Waals surface area contributed by atoms with Crippen molar-refractivity contribution >= 4 is 36.6 Å². The molecule has 10 nitrogen and oxygen atoms in total. The molecule has 1 aromatic heterocycles. The van der Waals surface area contributed by atoms with Crippen LogP contribution in [0.1, 0.15) is 66.5 Å². The van der Waals surface area contributed by atoms with Crippen LogP contribution in [-0.2, 0) is 4.79 Å². The number of hydrogen-bond donors (Lipinski definition) is 4. The molecule has 2 amide bonds. The van der Waals surface area contributed by atoms with E-state index in [1.54, 1.807) is 6.92 Å². The Morgan fingerprint density at radius 2 is 1.76 bits per heavy atom. The van der Waals surface area contributed by atoms with E-state index in [0.29, 0.717) is 24.2 Å². The lowest BCUT2D eigenvalue weighted by Crippen LogP contribution is -2.46. The number of halogens is 6. The van der Waals surface area contributed by atoms with Gasteiger partial charge in [0.2, 0.25) is 11.8 Å². The lowest BCUT2D eigenvalue weighted by atomic mass is 10.0. The summed E-state index contributed by atoms with van der Waals surface area (Å²) in [6.07, 6.45) is 3.60. The molecule has 3 aromatic rings. The summed E-state index contributed by atoms with van der Waals surface area (Å²) < 4.78 is 70.6. The molecule has 2 aliphatic carbocycles. The maximum Gasteiger partial charge on any atom is 0.387 e. The average molecular weight is 693 g/mol. The highest BCUT2D eigenvalue weighted by Crippen LogP contribution is 2.37. The minimum absolute atomic E-state index is 0. The second-order valence-corrected chi connectivity index (χ2v) is 11.1. The quantitative estimate of drug-likeness (QED) is 0.168. The maximum atomic E-state index is 14.8. The summed E-state index contributed by atoms with van der Waals surface area (Å²) in [7, 11) is 0. The molecule has 0 aliphatic heterocycles. The van der Waals surface area contributed by atoms with Crippen molar-refractivity contribution in [2.75, 3.05) is 13.2 Å². The van der Waals surface area contributed by atoms with Crippen LogP contribution >= 0.6 is 24.8 Å². The van der Waals surface area contributed by atoms with Gasteiger partial charge in [-0.2, -0.15) is 8.78 Å². The summed E-state index contributed by atoms with van der Waals surface area (Å²) >= 11 is 0. The molecule has 5 rings (SSSR count). The number of nitrogens with zero attached hydrogens (tertiary/aromatic N) is 1. The predicted molar refractivity (Wildman–Crippen MR) is 164 cm³/mol. The first-order chi connectivity index (χ1) is 21.0. The Labute approximate surface area is 274 Å². The zero-order valence-corrected chi connectivity index (χ0v) is 26.3. The van der Waals surface area contributed by atoms with Crippen molar-refractivity contribution in [1.82, 2.24) is 15.6 Å². The van der Waals surface area contributed by atoms with E-state index in [1.165, 1.54) is 18.2 Å². The predicted octanol–water partition coefficient (Wildman–Crippen LogP) is 5.20. The molecule has 0 saturated heterocycles. The highest BCUT2D eigenvalue weighted by Gasteiger charge is 2.34. The number of alkyl halides is 2. The molecular formula is C30H35Cl2F4N5O5. The zero-order valence-electron chi connectivity index (χ0n) is 24.6. The van der Waals surface area contributed by atoms with Gasteiger partial charge in [-0.1, -0.05) is 6.07 Å². The lowest BCUT2D eigenvalue weighted by Gasteiger charge is -2.21. The third kappa shape index (κ3) is 9.24. The van der Waals surface area contributed by atoms with Gasteiger partial charge in [0.05, 0.1) is 24.7 Å². The Balaban J connectivity index is 0.00000288. The van der Waals surface area contributed by atoms with Crippen molar-refractivity contribution < 1.29 is 41.0 Å². The molecule has 16 heteroatoms. The second kappa shape index (κ2) is 15.8. The molecule has 0 bridgehead atoms. The van der Waals surface area contributed by atoms with E-state index in [1.807, 2.05) is 0 Å². The molecule has 2 aliphatic rings. The van der Waals surface area contributed by atoms with Gasteiger partial charge >= 0.3 is 6.61 Å². The van der Waals surface area contributed by atoms with E-state index in [9.17, 15) is 27.2 Å². The van der Waals surface area contributed by atoms with Gasteiger partial charge in [0.15, 0.2) is 23.0 Å². The topological polar surface area (TPSA) is 155 Å². The molecule has 2 fully saturated rings. The molecule has 2 aromatic carbocycles. The van der Waals surface area contributed by atoms with E-state index in [2.05, 4.69) is 20.4 Å². The number of amides is 2. The normalized spacial score (nSPS) is 16.0. The molecule has 2 saturated carbocycles. The highest BCUT2D eigenvalue weighted by molar-refractivity contribution is 5.94. The Morgan fingerprint density at radius 1 is 1.04 bits per heavy atom. The number of rotatable bonds is 14. The van der Waals surface area contributed by atoms with Crippen LogP contribution in [-0.4, -0.2) is 42.6 Å². The monoisotopic (exact) mass is 691 g/mol. The number of carbonyl (C=O) groups is 2. The van der Waals surface area contributed by atoms with E-state index in [-0.39, 0.29) is 71.7 Å². The largest absolute Gasteiger partial charge is 0.489 e. The summed E-state index contributed by atoms with van der Waals surface area (Å²) in [5.74, 6) is -2.84. The minimum Gasteiger partial charge on any atom is -0.489 e. The van der Waals surface area contributed by atoms with Crippen molar-refractivity contribution in [1.29, 1.82) is 0 Å².